The van der Waals surface area contributed by atoms with E-state index in [0.717, 1.165) is 0 Å². The van der Waals surface area contributed by atoms with Gasteiger partial charge >= 0.3 is 0 Å². The summed E-state index contributed by atoms with van der Waals surface area (Å²) in [5.74, 6) is -0.598. The predicted molar refractivity (Wildman–Crippen MR) is 184 cm³/mol. The zero-order chi connectivity index (χ0) is 38.4. The molecule has 0 fully saturated rings. The highest BCUT2D eigenvalue weighted by atomic mass is 19.3. The number of fused-ring (bicyclic) bond motifs is 4. The lowest BCUT2D eigenvalue weighted by Crippen LogP contribution is -2.34. The zero-order valence-electron chi connectivity index (χ0n) is 28.6. The molecule has 4 aromatic heterocycles. The quantitative estimate of drug-likeness (QED) is 0.151. The Morgan fingerprint density at radius 3 is 1.52 bits per heavy atom. The smallest absolute Gasteiger partial charge is 0.265 e. The minimum absolute atomic E-state index is 0.00480. The van der Waals surface area contributed by atoms with Crippen LogP contribution in [0.4, 0.5) is 28.9 Å². The molecule has 6 heterocycles. The minimum atomic E-state index is -2.81. The Morgan fingerprint density at radius 1 is 0.741 bits per heavy atom. The Balaban J connectivity index is 0.000000167. The highest BCUT2D eigenvalue weighted by molar-refractivity contribution is 6.09. The first-order chi connectivity index (χ1) is 25.8. The number of carbonyl (C=O) groups excluding carboxylic acids is 2. The van der Waals surface area contributed by atoms with E-state index in [1.54, 1.807) is 38.4 Å². The van der Waals surface area contributed by atoms with Crippen LogP contribution >= 0.6 is 0 Å². The van der Waals surface area contributed by atoms with Gasteiger partial charge < -0.3 is 30.3 Å². The Morgan fingerprint density at radius 2 is 1.15 bits per heavy atom. The maximum atomic E-state index is 13.5. The van der Waals surface area contributed by atoms with Crippen LogP contribution in [-0.2, 0) is 12.8 Å². The van der Waals surface area contributed by atoms with Gasteiger partial charge in [0.25, 0.3) is 24.7 Å². The molecule has 2 amide bonds. The Bertz CT molecular complexity index is 2240. The van der Waals surface area contributed by atoms with Gasteiger partial charge in [0.1, 0.15) is 33.8 Å². The van der Waals surface area contributed by atoms with Gasteiger partial charge in [0.2, 0.25) is 0 Å². The number of aliphatic hydroxyl groups excluding tert-OH is 2. The predicted octanol–water partition coefficient (Wildman–Crippen LogP) is 5.21. The lowest BCUT2D eigenvalue weighted by atomic mass is 9.98. The van der Waals surface area contributed by atoms with Crippen molar-refractivity contribution in [2.24, 2.45) is 0 Å². The third kappa shape index (κ3) is 6.88. The van der Waals surface area contributed by atoms with Crippen molar-refractivity contribution >= 4 is 34.5 Å². The Kier molecular flexibility index (Phi) is 9.40. The van der Waals surface area contributed by atoms with E-state index in [2.05, 4.69) is 30.8 Å². The molecule has 0 spiro atoms. The number of anilines is 2. The first-order valence-electron chi connectivity index (χ1n) is 16.5. The van der Waals surface area contributed by atoms with E-state index in [1.807, 2.05) is 0 Å². The number of carbonyl (C=O) groups is 2. The van der Waals surface area contributed by atoms with Gasteiger partial charge in [0, 0.05) is 59.9 Å². The number of hydrogen-bond donors (Lipinski definition) is 4. The number of hydrogen-bond acceptors (Lipinski definition) is 10. The molecule has 0 radical (unpaired) electrons. The monoisotopic (exact) mass is 748 g/mol. The second-order valence-corrected chi connectivity index (χ2v) is 13.3. The maximum Gasteiger partial charge on any atom is 0.265 e. The summed E-state index contributed by atoms with van der Waals surface area (Å²) >= 11 is 0. The topological polar surface area (TPSA) is 178 Å². The molecule has 2 aliphatic heterocycles. The number of nitrogens with one attached hydrogen (secondary N) is 2. The minimum Gasteiger partial charge on any atom is -0.485 e. The molecule has 8 rings (SSSR count). The highest BCUT2D eigenvalue weighted by Gasteiger charge is 2.37. The number of nitrogens with zero attached hydrogens (tertiary/aromatic N) is 6. The molecule has 0 saturated carbocycles. The van der Waals surface area contributed by atoms with E-state index < -0.39 is 35.9 Å². The normalized spacial score (nSPS) is 18.6. The summed E-state index contributed by atoms with van der Waals surface area (Å²) in [5.41, 5.74) is -0.161. The van der Waals surface area contributed by atoms with Crippen LogP contribution in [0, 0.1) is 0 Å². The second kappa shape index (κ2) is 14.0. The summed E-state index contributed by atoms with van der Waals surface area (Å²) in [5, 5.41) is 32.0. The molecular weight excluding hydrogens is 716 g/mol. The van der Waals surface area contributed by atoms with E-state index in [9.17, 15) is 37.4 Å². The maximum absolute atomic E-state index is 13.5. The van der Waals surface area contributed by atoms with Crippen molar-refractivity contribution in [3.05, 3.63) is 107 Å². The van der Waals surface area contributed by atoms with Gasteiger partial charge in [-0.3, -0.25) is 9.59 Å². The van der Waals surface area contributed by atoms with E-state index in [1.165, 1.54) is 58.1 Å². The van der Waals surface area contributed by atoms with Crippen molar-refractivity contribution < 1.29 is 46.8 Å². The molecule has 6 aromatic rings. The molecule has 2 aliphatic rings. The van der Waals surface area contributed by atoms with Crippen LogP contribution in [-0.4, -0.2) is 75.6 Å². The number of rotatable bonds is 8. The number of amides is 2. The number of aromatic nitrogens is 6. The van der Waals surface area contributed by atoms with Crippen LogP contribution in [0.25, 0.3) is 11.3 Å². The van der Waals surface area contributed by atoms with Gasteiger partial charge in [-0.2, -0.15) is 10.2 Å². The molecule has 18 heteroatoms. The van der Waals surface area contributed by atoms with Crippen LogP contribution in [0.1, 0.15) is 69.7 Å². The molecular formula is C36H32F4N8O6. The molecule has 280 valence electrons. The lowest BCUT2D eigenvalue weighted by molar-refractivity contribution is 0.0443. The van der Waals surface area contributed by atoms with Gasteiger partial charge in [-0.1, -0.05) is 0 Å². The molecule has 0 unspecified atom stereocenters. The molecule has 2 aromatic carbocycles. The lowest BCUT2D eigenvalue weighted by Gasteiger charge is -2.20. The van der Waals surface area contributed by atoms with Gasteiger partial charge in [0.15, 0.2) is 11.3 Å². The molecule has 0 saturated heterocycles. The summed E-state index contributed by atoms with van der Waals surface area (Å²) in [6.45, 7) is 2.89. The second-order valence-electron chi connectivity index (χ2n) is 13.3. The van der Waals surface area contributed by atoms with Crippen LogP contribution in [0.5, 0.6) is 11.5 Å². The SMILES string of the molecule is C[C@@]1(CO)Cc2cc(NC(=O)c3cnn4cccnc34)c(C(F)F)cc2O1.C[C@]1(CO)Cc2cc(NC(=O)c3cnn4cccnc34)c(C(F)F)cc2O1. The highest BCUT2D eigenvalue weighted by Crippen LogP contribution is 2.42. The summed E-state index contributed by atoms with van der Waals surface area (Å²) in [4.78, 5) is 33.4. The summed E-state index contributed by atoms with van der Waals surface area (Å²) in [7, 11) is 0. The molecule has 4 N–H and O–H groups in total. The van der Waals surface area contributed by atoms with Crippen LogP contribution in [0.3, 0.4) is 0 Å². The summed E-state index contributed by atoms with van der Waals surface area (Å²) < 4.78 is 68.2. The van der Waals surface area contributed by atoms with Crippen LogP contribution in [0.15, 0.2) is 73.6 Å². The van der Waals surface area contributed by atoms with E-state index in [0.29, 0.717) is 35.3 Å². The average Bonchev–Trinajstić information content (AvgIpc) is 3.93. The van der Waals surface area contributed by atoms with Crippen molar-refractivity contribution in [2.75, 3.05) is 23.8 Å². The average molecular weight is 749 g/mol. The van der Waals surface area contributed by atoms with Crippen molar-refractivity contribution in [1.82, 2.24) is 29.2 Å². The fourth-order valence-corrected chi connectivity index (χ4v) is 6.26. The number of ether oxygens (including phenoxy) is 2. The van der Waals surface area contributed by atoms with E-state index in [4.69, 9.17) is 9.47 Å². The van der Waals surface area contributed by atoms with E-state index in [-0.39, 0.29) is 58.3 Å². The van der Waals surface area contributed by atoms with Gasteiger partial charge in [0.05, 0.1) is 37.0 Å². The summed E-state index contributed by atoms with van der Waals surface area (Å²) in [6.07, 6.45) is 4.04. The molecule has 14 nitrogen and oxygen atoms in total. The van der Waals surface area contributed by atoms with Crippen LogP contribution < -0.4 is 20.1 Å². The van der Waals surface area contributed by atoms with Crippen molar-refractivity contribution in [2.45, 2.75) is 50.7 Å². The summed E-state index contributed by atoms with van der Waals surface area (Å²) in [6, 6.07) is 8.68. The fraction of sp³-hybridized carbons (Fsp3) is 0.278. The van der Waals surface area contributed by atoms with Crippen molar-refractivity contribution in [3.8, 4) is 11.5 Å². The number of aliphatic hydroxyl groups is 2. The third-order valence-corrected chi connectivity index (χ3v) is 8.99. The number of halogens is 4. The molecule has 2 atom stereocenters. The zero-order valence-corrected chi connectivity index (χ0v) is 28.6. The first-order valence-corrected chi connectivity index (χ1v) is 16.5. The molecule has 0 aliphatic carbocycles. The third-order valence-electron chi connectivity index (χ3n) is 8.99. The van der Waals surface area contributed by atoms with E-state index >= 15 is 0 Å². The molecule has 0 bridgehead atoms. The van der Waals surface area contributed by atoms with Crippen LogP contribution in [0.2, 0.25) is 0 Å². The Hall–Kier alpha value is -6.14. The molecule has 54 heavy (non-hydrogen) atoms. The van der Waals surface area contributed by atoms with Gasteiger partial charge in [-0.15, -0.1) is 0 Å². The first kappa shape index (κ1) is 36.2. The Labute approximate surface area is 303 Å². The standard InChI is InChI=1S/2C18H16F2N4O3/c2*1-18(9-25)7-10-5-13(11(15(19)20)6-14(10)27-18)23-17(26)12-8-22-24-4-2-3-21-16(12)24/h2*2-6,8,15,25H,7,9H2,1H3,(H,23,26)/t2*18-/m10/s1. The number of alkyl halides is 4. The largest absolute Gasteiger partial charge is 0.485 e. The fourth-order valence-electron chi connectivity index (χ4n) is 6.26. The van der Waals surface area contributed by atoms with Crippen molar-refractivity contribution in [3.63, 3.8) is 0 Å². The van der Waals surface area contributed by atoms with Gasteiger partial charge in [-0.05, 0) is 50.2 Å². The number of benzene rings is 2. The van der Waals surface area contributed by atoms with Crippen molar-refractivity contribution in [1.29, 1.82) is 0 Å². The van der Waals surface area contributed by atoms with Gasteiger partial charge in [-0.25, -0.2) is 36.6 Å².